The summed E-state index contributed by atoms with van der Waals surface area (Å²) in [5, 5.41) is 3.50. The van der Waals surface area contributed by atoms with Crippen LogP contribution >= 0.6 is 82.5 Å². The number of aliphatic hydroxyl groups excluding tert-OH is 1. The molecule has 0 saturated heterocycles. The number of aliphatic imine (C=N–C) groups is 1. The number of aliphatic hydroxyl groups is 1. The maximum atomic E-state index is 12.2. The molecular weight excluding hydrogens is 1170 g/mol. The Bertz CT molecular complexity index is 1420. The van der Waals surface area contributed by atoms with Gasteiger partial charge in [0.25, 0.3) is 0 Å². The summed E-state index contributed by atoms with van der Waals surface area (Å²) in [6.45, 7) is 6.75. The van der Waals surface area contributed by atoms with Crippen LogP contribution in [0.1, 0.15) is 120 Å². The quantitative estimate of drug-likeness (QED) is 0.212. The SMILES string of the molecule is C.CC(=O)C1CCC(=NCS(=O)(=O)c2ccc(C)cc2)CC1.CC(=O)C1CCC(=O)CC1.CI.[2H]C1([2H])CCC(C(C)=O)CC1.[2H]OC.[2H][B-]([2H])([2H])[2H].[I][V]([I])[I].[Na+]. The number of alkyl halides is 1. The smallest absolute Gasteiger partial charge is 1.00 e. The Morgan fingerprint density at radius 1 is 0.882 bits per heavy atom. The number of hydrogen-bond donors (Lipinski definition) is 1. The van der Waals surface area contributed by atoms with E-state index < -0.39 is 24.5 Å². The molecule has 0 aliphatic heterocycles. The van der Waals surface area contributed by atoms with Gasteiger partial charge in [-0.25, -0.2) is 13.8 Å². The molecule has 16 heteroatoms. The van der Waals surface area contributed by atoms with E-state index in [9.17, 15) is 27.6 Å². The summed E-state index contributed by atoms with van der Waals surface area (Å²) < 4.78 is 68.9. The molecule has 3 aliphatic rings. The van der Waals surface area contributed by atoms with Crippen molar-refractivity contribution in [3.63, 3.8) is 0 Å². The molecule has 0 radical (unpaired) electrons. The first kappa shape index (κ1) is 47.4. The molecule has 3 aliphatic carbocycles. The van der Waals surface area contributed by atoms with Crippen LogP contribution in [0.15, 0.2) is 34.2 Å². The number of benzene rings is 1. The van der Waals surface area contributed by atoms with Crippen LogP contribution in [0.3, 0.4) is 0 Å². The molecule has 292 valence electrons. The Morgan fingerprint density at radius 2 is 1.22 bits per heavy atom. The summed E-state index contributed by atoms with van der Waals surface area (Å²) in [6, 6.07) is 6.82. The van der Waals surface area contributed by atoms with Gasteiger partial charge in [-0.3, -0.25) is 24.2 Å². The van der Waals surface area contributed by atoms with Crippen molar-refractivity contribution in [2.24, 2.45) is 22.7 Å². The number of sulfone groups is 1. The number of aryl methyl sites for hydroxylation is 1. The summed E-state index contributed by atoms with van der Waals surface area (Å²) in [5.41, 5.74) is 1.95. The minimum atomic E-state index is -3.36. The fraction of sp³-hybridized carbons (Fsp3) is 0.686. The van der Waals surface area contributed by atoms with Gasteiger partial charge in [0.05, 0.1) is 4.90 Å². The van der Waals surface area contributed by atoms with Crippen molar-refractivity contribution in [3.05, 3.63) is 29.8 Å². The van der Waals surface area contributed by atoms with Crippen LogP contribution in [0.25, 0.3) is 0 Å². The first-order valence-electron chi connectivity index (χ1n) is 19.5. The van der Waals surface area contributed by atoms with Gasteiger partial charge in [0.1, 0.15) is 29.0 Å². The van der Waals surface area contributed by atoms with Crippen molar-refractivity contribution in [1.29, 1.82) is 6.77 Å². The van der Waals surface area contributed by atoms with Gasteiger partial charge in [-0.05, 0) is 96.1 Å². The third-order valence-corrected chi connectivity index (χ3v) is 9.47. The van der Waals surface area contributed by atoms with Gasteiger partial charge in [-0.2, -0.15) is 0 Å². The van der Waals surface area contributed by atoms with Crippen LogP contribution in [-0.2, 0) is 33.9 Å². The van der Waals surface area contributed by atoms with E-state index >= 15 is 0 Å². The third kappa shape index (κ3) is 31.8. The monoisotopic (exact) mass is 1240 g/mol. The van der Waals surface area contributed by atoms with Gasteiger partial charge in [0.2, 0.25) is 1.43 Å². The molecular formula is C35H62BI4NNaO7SV. The van der Waals surface area contributed by atoms with Gasteiger partial charge < -0.3 is 5.11 Å². The number of carbonyl (C=O) groups excluding carboxylic acids is 4. The zero-order chi connectivity index (χ0) is 44.3. The second-order valence-electron chi connectivity index (χ2n) is 11.4. The van der Waals surface area contributed by atoms with Crippen molar-refractivity contribution in [2.75, 3.05) is 17.9 Å². The molecule has 0 heterocycles. The maximum absolute atomic E-state index is 12.2. The van der Waals surface area contributed by atoms with E-state index in [0.717, 1.165) is 62.6 Å². The van der Waals surface area contributed by atoms with Gasteiger partial charge in [0, 0.05) is 46.2 Å². The molecule has 0 spiro atoms. The maximum Gasteiger partial charge on any atom is 1.00 e. The number of nitrogens with zero attached hydrogens (tertiary/aromatic N) is 1. The summed E-state index contributed by atoms with van der Waals surface area (Å²) in [7, 11) is -5.07. The van der Waals surface area contributed by atoms with Crippen LogP contribution in [-0.4, -0.2) is 75.3 Å². The molecule has 51 heavy (non-hydrogen) atoms. The van der Waals surface area contributed by atoms with E-state index in [-0.39, 0.29) is 82.9 Å². The standard InChI is InChI=1S/C16H21NO3S.C8H12O2.C8H14O.CH3I.CH4O.CH4.BH4.3HI.Na.V/c1-12-3-9-16(10-4-12)21(19,20)11-17-15-7-5-14(6-8-15)13(2)18;1-6(9)7-2-4-8(10)5-3-7;1-7(9)8-5-3-2-4-6-8;2*1-2;;;;;;;/h3-4,9-10,14H,5-8,11H2,1-2H3;7H,2-5H2,1H3;8H,2-6H2,1H3;1H3;2H,1H3;2*1H4;3*1H;;/q;;;;;;-1;;;;+1;+3/p-3/i;;2D2;;2D;;1D4;;;;;. The Kier molecular flexibility index (Phi) is 35.0. The molecule has 1 N–H and O–H groups in total. The summed E-state index contributed by atoms with van der Waals surface area (Å²) in [4.78, 5) is 50.0. The molecule has 3 saturated carbocycles. The number of halogens is 4. The fourth-order valence-corrected chi connectivity index (χ4v) is 6.14. The number of rotatable bonds is 6. The van der Waals surface area contributed by atoms with Crippen molar-refractivity contribution in [1.82, 2.24) is 0 Å². The predicted octanol–water partition coefficient (Wildman–Crippen LogP) is 5.94. The molecule has 8 nitrogen and oxygen atoms in total. The van der Waals surface area contributed by atoms with Crippen LogP contribution < -0.4 is 29.6 Å². The summed E-state index contributed by atoms with van der Waals surface area (Å²) in [5.74, 6) is 1.25. The molecule has 1 aromatic rings. The average molecular weight is 1240 g/mol. The number of hydrogen-bond acceptors (Lipinski definition) is 8. The van der Waals surface area contributed by atoms with Crippen molar-refractivity contribution >= 4 is 129 Å². The Morgan fingerprint density at radius 3 is 1.57 bits per heavy atom. The van der Waals surface area contributed by atoms with Crippen LogP contribution in [0.5, 0.6) is 0 Å². The van der Waals surface area contributed by atoms with E-state index in [0.29, 0.717) is 36.4 Å². The van der Waals surface area contributed by atoms with E-state index in [4.69, 9.17) is 9.52 Å². The van der Waals surface area contributed by atoms with Crippen molar-refractivity contribution < 1.29 is 69.9 Å². The topological polar surface area (TPSA) is 135 Å². The molecule has 3 fully saturated rings. The van der Waals surface area contributed by atoms with Gasteiger partial charge in [0.15, 0.2) is 9.84 Å². The second-order valence-corrected chi connectivity index (χ2v) is 48.7. The number of carbonyl (C=O) groups is 4. The minimum absolute atomic E-state index is 0. The van der Waals surface area contributed by atoms with Gasteiger partial charge in [-0.15, -0.1) is 0 Å². The molecule has 0 amide bonds. The van der Waals surface area contributed by atoms with Crippen LogP contribution in [0.4, 0.5) is 0 Å². The molecule has 4 rings (SSSR count). The molecule has 1 aromatic carbocycles. The van der Waals surface area contributed by atoms with Crippen LogP contribution in [0.2, 0.25) is 0 Å². The molecule has 0 atom stereocenters. The third-order valence-electron chi connectivity index (χ3n) is 8.01. The largest absolute Gasteiger partial charge is 1.00 e. The van der Waals surface area contributed by atoms with Crippen molar-refractivity contribution in [2.45, 2.75) is 123 Å². The Labute approximate surface area is 395 Å². The van der Waals surface area contributed by atoms with Crippen molar-refractivity contribution in [3.8, 4) is 0 Å². The number of ketones is 4. The van der Waals surface area contributed by atoms with Gasteiger partial charge >= 0.3 is 94.4 Å². The van der Waals surface area contributed by atoms with Gasteiger partial charge in [-0.1, -0.05) is 75.2 Å². The van der Waals surface area contributed by atoms with E-state index in [1.165, 1.54) is 7.11 Å². The Balaban J connectivity index is -0.000000216. The summed E-state index contributed by atoms with van der Waals surface area (Å²) >= 11 is 9.54. The first-order valence-corrected chi connectivity index (χ1v) is 33.1. The summed E-state index contributed by atoms with van der Waals surface area (Å²) in [6.07, 6.45) is 7.42. The zero-order valence-corrected chi connectivity index (χ0v) is 43.3. The predicted molar refractivity (Wildman–Crippen MR) is 246 cm³/mol. The first-order chi connectivity index (χ1) is 25.7. The minimum Gasteiger partial charge on any atom is 1.00 e. The van der Waals surface area contributed by atoms with E-state index in [2.05, 4.69) is 92.6 Å². The van der Waals surface area contributed by atoms with E-state index in [1.54, 1.807) is 45.0 Å². The molecule has 0 aromatic heterocycles. The van der Waals surface area contributed by atoms with Crippen LogP contribution in [0, 0.1) is 24.7 Å². The zero-order valence-electron chi connectivity index (χ0n) is 37.5. The Hall–Kier alpha value is 2.05. The second kappa shape index (κ2) is 37.6. The molecule has 0 bridgehead atoms. The van der Waals surface area contributed by atoms with E-state index in [1.807, 2.05) is 11.9 Å². The average Bonchev–Trinajstić information content (AvgIpc) is 3.09. The normalized spacial score (nSPS) is 20.0. The molecule has 0 unspecified atom stereocenters. The fourth-order valence-electron chi connectivity index (χ4n) is 5.09. The number of Topliss-reactive ketones (excluding diaryl/α,β-unsaturated/α-hetero) is 4.